The molecule has 0 radical (unpaired) electrons. The number of aromatic nitrogens is 1. The molecule has 1 aromatic heterocycles. The van der Waals surface area contributed by atoms with Crippen LogP contribution in [0.3, 0.4) is 0 Å². The Morgan fingerprint density at radius 3 is 2.88 bits per heavy atom. The van der Waals surface area contributed by atoms with Crippen molar-refractivity contribution in [3.05, 3.63) is 59.1 Å². The third-order valence-corrected chi connectivity index (χ3v) is 4.72. The summed E-state index contributed by atoms with van der Waals surface area (Å²) in [6.45, 7) is 2.24. The van der Waals surface area contributed by atoms with Crippen LogP contribution in [-0.2, 0) is 4.79 Å². The van der Waals surface area contributed by atoms with Crippen molar-refractivity contribution < 1.29 is 9.53 Å². The number of fused-ring (bicyclic) bond motifs is 1. The first-order chi connectivity index (χ1) is 11.7. The van der Waals surface area contributed by atoms with Gasteiger partial charge in [-0.1, -0.05) is 24.3 Å². The van der Waals surface area contributed by atoms with E-state index in [0.717, 1.165) is 21.5 Å². The van der Waals surface area contributed by atoms with E-state index in [0.29, 0.717) is 5.01 Å². The van der Waals surface area contributed by atoms with Gasteiger partial charge in [0.15, 0.2) is 11.7 Å². The van der Waals surface area contributed by atoms with Gasteiger partial charge in [-0.2, -0.15) is 5.26 Å². The highest BCUT2D eigenvalue weighted by Crippen LogP contribution is 2.28. The molecule has 4 nitrogen and oxygen atoms in total. The van der Waals surface area contributed by atoms with Gasteiger partial charge in [0.05, 0.1) is 22.9 Å². The summed E-state index contributed by atoms with van der Waals surface area (Å²) in [7, 11) is 0. The number of hydrogen-bond acceptors (Lipinski definition) is 5. The Morgan fingerprint density at radius 1 is 1.29 bits per heavy atom. The molecule has 0 fully saturated rings. The van der Waals surface area contributed by atoms with Crippen LogP contribution < -0.4 is 4.74 Å². The second-order valence-electron chi connectivity index (χ2n) is 5.46. The molecule has 0 N–H and O–H groups in total. The molecule has 5 heteroatoms. The van der Waals surface area contributed by atoms with Gasteiger partial charge in [-0.25, -0.2) is 4.98 Å². The summed E-state index contributed by atoms with van der Waals surface area (Å²) < 4.78 is 6.58. The molecule has 3 aromatic rings. The van der Waals surface area contributed by atoms with Crippen LogP contribution in [-0.4, -0.2) is 17.4 Å². The van der Waals surface area contributed by atoms with Gasteiger partial charge < -0.3 is 4.74 Å². The van der Waals surface area contributed by atoms with Gasteiger partial charge in [0, 0.05) is 6.42 Å². The smallest absolute Gasteiger partial charge is 0.160 e. The normalized spacial score (nSPS) is 11.8. The standard InChI is InChI=1S/C19H16N2O2S/c1-13-5-4-6-14(11-13)23-10-9-17(22)15(12-20)19-21-16-7-2-3-8-18(16)24-19/h2-8,11,15H,9-10H2,1H3. The Hall–Kier alpha value is -2.71. The molecule has 2 aromatic carbocycles. The highest BCUT2D eigenvalue weighted by molar-refractivity contribution is 7.18. The van der Waals surface area contributed by atoms with E-state index in [-0.39, 0.29) is 18.8 Å². The quantitative estimate of drug-likeness (QED) is 0.675. The largest absolute Gasteiger partial charge is 0.493 e. The zero-order chi connectivity index (χ0) is 16.9. The lowest BCUT2D eigenvalue weighted by Gasteiger charge is -2.08. The molecule has 0 saturated carbocycles. The molecule has 3 rings (SSSR count). The number of aryl methyl sites for hydroxylation is 1. The highest BCUT2D eigenvalue weighted by Gasteiger charge is 2.23. The minimum absolute atomic E-state index is 0.163. The second-order valence-corrected chi connectivity index (χ2v) is 6.53. The molecule has 0 aliphatic heterocycles. The van der Waals surface area contributed by atoms with E-state index in [4.69, 9.17) is 4.74 Å². The van der Waals surface area contributed by atoms with Gasteiger partial charge in [-0.15, -0.1) is 11.3 Å². The molecule has 0 aliphatic rings. The molecular formula is C19H16N2O2S. The van der Waals surface area contributed by atoms with Gasteiger partial charge in [0.25, 0.3) is 0 Å². The number of nitrogens with zero attached hydrogens (tertiary/aromatic N) is 2. The molecular weight excluding hydrogens is 320 g/mol. The summed E-state index contributed by atoms with van der Waals surface area (Å²) >= 11 is 1.39. The fourth-order valence-electron chi connectivity index (χ4n) is 2.40. The Morgan fingerprint density at radius 2 is 2.12 bits per heavy atom. The van der Waals surface area contributed by atoms with Crippen LogP contribution >= 0.6 is 11.3 Å². The first kappa shape index (κ1) is 16.2. The number of carbonyl (C=O) groups excluding carboxylic acids is 1. The van der Waals surface area contributed by atoms with Crippen molar-refractivity contribution in [2.45, 2.75) is 19.3 Å². The second kappa shape index (κ2) is 7.24. The summed E-state index contributed by atoms with van der Waals surface area (Å²) in [6.07, 6.45) is 0.183. The van der Waals surface area contributed by atoms with Crippen molar-refractivity contribution in [3.63, 3.8) is 0 Å². The van der Waals surface area contributed by atoms with E-state index in [9.17, 15) is 10.1 Å². The van der Waals surface area contributed by atoms with E-state index < -0.39 is 5.92 Å². The van der Waals surface area contributed by atoms with Crippen LogP contribution in [0.4, 0.5) is 0 Å². The van der Waals surface area contributed by atoms with Crippen LogP contribution in [0.25, 0.3) is 10.2 Å². The summed E-state index contributed by atoms with van der Waals surface area (Å²) in [4.78, 5) is 16.8. The molecule has 0 bridgehead atoms. The minimum atomic E-state index is -0.830. The Balaban J connectivity index is 1.65. The molecule has 120 valence electrons. The van der Waals surface area contributed by atoms with E-state index in [2.05, 4.69) is 11.1 Å². The van der Waals surface area contributed by atoms with Crippen molar-refractivity contribution in [2.24, 2.45) is 0 Å². The van der Waals surface area contributed by atoms with Gasteiger partial charge in [-0.05, 0) is 36.8 Å². The lowest BCUT2D eigenvalue weighted by atomic mass is 10.0. The Labute approximate surface area is 144 Å². The zero-order valence-corrected chi connectivity index (χ0v) is 14.0. The number of nitriles is 1. The fourth-order valence-corrected chi connectivity index (χ4v) is 3.43. The third kappa shape index (κ3) is 3.61. The number of thiazole rings is 1. The summed E-state index contributed by atoms with van der Waals surface area (Å²) in [5.41, 5.74) is 1.92. The maximum absolute atomic E-state index is 12.4. The Bertz CT molecular complexity index is 878. The first-order valence-corrected chi connectivity index (χ1v) is 8.46. The predicted octanol–water partition coefficient (Wildman–Crippen LogP) is 4.25. The van der Waals surface area contributed by atoms with Gasteiger partial charge >= 0.3 is 0 Å². The van der Waals surface area contributed by atoms with Gasteiger partial charge in [-0.3, -0.25) is 4.79 Å². The lowest BCUT2D eigenvalue weighted by molar-refractivity contribution is -0.119. The average molecular weight is 336 g/mol. The minimum Gasteiger partial charge on any atom is -0.493 e. The molecule has 24 heavy (non-hydrogen) atoms. The Kier molecular flexibility index (Phi) is 4.88. The number of rotatable bonds is 6. The van der Waals surface area contributed by atoms with Crippen molar-refractivity contribution >= 4 is 27.3 Å². The van der Waals surface area contributed by atoms with Gasteiger partial charge in [0.1, 0.15) is 10.8 Å². The maximum atomic E-state index is 12.4. The molecule has 0 amide bonds. The number of benzene rings is 2. The molecule has 0 saturated heterocycles. The van der Waals surface area contributed by atoms with E-state index in [1.54, 1.807) is 0 Å². The van der Waals surface area contributed by atoms with Crippen LogP contribution in [0.2, 0.25) is 0 Å². The summed E-state index contributed by atoms with van der Waals surface area (Å²) in [6, 6.07) is 17.4. The van der Waals surface area contributed by atoms with E-state index in [1.165, 1.54) is 11.3 Å². The monoisotopic (exact) mass is 336 g/mol. The van der Waals surface area contributed by atoms with Crippen LogP contribution in [0, 0.1) is 18.3 Å². The number of para-hydroxylation sites is 1. The van der Waals surface area contributed by atoms with Gasteiger partial charge in [0.2, 0.25) is 0 Å². The highest BCUT2D eigenvalue weighted by atomic mass is 32.1. The predicted molar refractivity (Wildman–Crippen MR) is 94.3 cm³/mol. The SMILES string of the molecule is Cc1cccc(OCCC(=O)C(C#N)c2nc3ccccc3s2)c1. The van der Waals surface area contributed by atoms with Crippen molar-refractivity contribution in [1.82, 2.24) is 4.98 Å². The first-order valence-electron chi connectivity index (χ1n) is 7.64. The third-order valence-electron chi connectivity index (χ3n) is 3.62. The maximum Gasteiger partial charge on any atom is 0.160 e. The topological polar surface area (TPSA) is 63.0 Å². The molecule has 0 aliphatic carbocycles. The molecule has 0 spiro atoms. The average Bonchev–Trinajstić information content (AvgIpc) is 2.99. The number of hydrogen-bond donors (Lipinski definition) is 0. The summed E-state index contributed by atoms with van der Waals surface area (Å²) in [5, 5.41) is 9.94. The fraction of sp³-hybridized carbons (Fsp3) is 0.211. The van der Waals surface area contributed by atoms with E-state index in [1.807, 2.05) is 55.5 Å². The van der Waals surface area contributed by atoms with Crippen LogP contribution in [0.1, 0.15) is 22.9 Å². The van der Waals surface area contributed by atoms with Crippen molar-refractivity contribution in [2.75, 3.05) is 6.61 Å². The summed E-state index contributed by atoms with van der Waals surface area (Å²) in [5.74, 6) is -0.260. The molecule has 1 unspecified atom stereocenters. The van der Waals surface area contributed by atoms with Crippen molar-refractivity contribution in [3.8, 4) is 11.8 Å². The number of ether oxygens (including phenoxy) is 1. The van der Waals surface area contributed by atoms with Crippen molar-refractivity contribution in [1.29, 1.82) is 5.26 Å². The molecule has 1 heterocycles. The number of Topliss-reactive ketones (excluding diaryl/α,β-unsaturated/α-hetero) is 1. The van der Waals surface area contributed by atoms with Crippen LogP contribution in [0.5, 0.6) is 5.75 Å². The number of carbonyl (C=O) groups is 1. The number of ketones is 1. The van der Waals surface area contributed by atoms with E-state index >= 15 is 0 Å². The lowest BCUT2D eigenvalue weighted by Crippen LogP contribution is -2.14. The molecule has 1 atom stereocenters. The zero-order valence-electron chi connectivity index (χ0n) is 13.2. The van der Waals surface area contributed by atoms with Crippen LogP contribution in [0.15, 0.2) is 48.5 Å².